The summed E-state index contributed by atoms with van der Waals surface area (Å²) < 4.78 is 78.5. The molecular formula is C28H33F3N6O9S. The molecule has 19 heteroatoms. The fourth-order valence-electron chi connectivity index (χ4n) is 3.73. The summed E-state index contributed by atoms with van der Waals surface area (Å²) in [6.07, 6.45) is -7.34. The summed E-state index contributed by atoms with van der Waals surface area (Å²) in [5.41, 5.74) is 0.426. The molecule has 0 spiro atoms. The van der Waals surface area contributed by atoms with Gasteiger partial charge in [0.05, 0.1) is 33.8 Å². The molecule has 0 bridgehead atoms. The van der Waals surface area contributed by atoms with Crippen molar-refractivity contribution in [3.63, 3.8) is 0 Å². The van der Waals surface area contributed by atoms with Gasteiger partial charge in [-0.3, -0.25) is 9.63 Å². The summed E-state index contributed by atoms with van der Waals surface area (Å²) >= 11 is 0. The molecule has 1 unspecified atom stereocenters. The molecule has 2 N–H and O–H groups in total. The maximum Gasteiger partial charge on any atom is 0.435 e. The largest absolute Gasteiger partial charge is 0.569 e. The summed E-state index contributed by atoms with van der Waals surface area (Å²) in [5, 5.41) is 29.2. The third-order valence-electron chi connectivity index (χ3n) is 6.16. The van der Waals surface area contributed by atoms with Gasteiger partial charge in [-0.2, -0.15) is 18.3 Å². The highest BCUT2D eigenvalue weighted by Crippen LogP contribution is 2.33. The summed E-state index contributed by atoms with van der Waals surface area (Å²) in [5.74, 6) is -1.04. The SMILES string of the molecule is Cc1ccc(-c2cc(C(F)(F)F)nn2-c2ccc(S(=O)(=O)NC(=O)OCCN(CCO)/[N+]([O-])=N/OC(C)OC(=O)C(C)C)cc2)cc1. The predicted octanol–water partition coefficient (Wildman–Crippen LogP) is 3.93. The number of aryl methyl sites for hydroxylation is 1. The van der Waals surface area contributed by atoms with Gasteiger partial charge in [-0.15, -0.1) is 5.01 Å². The van der Waals surface area contributed by atoms with Crippen molar-refractivity contribution < 1.29 is 55.6 Å². The van der Waals surface area contributed by atoms with E-state index in [4.69, 9.17) is 14.3 Å². The molecular weight excluding hydrogens is 653 g/mol. The molecule has 0 fully saturated rings. The standard InChI is InChI=1S/C28H33F3N6O9S/c1-18(2)26(39)45-20(4)46-34-37(41)35(13-15-38)14-16-44-27(40)33-47(42,43)23-11-9-22(10-12-23)36-24(17-25(32-36)28(29,30)31)21-7-5-19(3)6-8-21/h5-12,17-18,20,38H,13-16H2,1-4H3,(H,33,40)/b37-34-. The van der Waals surface area contributed by atoms with Crippen LogP contribution < -0.4 is 4.72 Å². The Morgan fingerprint density at radius 3 is 2.32 bits per heavy atom. The second-order valence-electron chi connectivity index (χ2n) is 10.2. The van der Waals surface area contributed by atoms with E-state index in [0.717, 1.165) is 33.5 Å². The molecule has 1 heterocycles. The molecule has 3 rings (SSSR count). The first-order valence-corrected chi connectivity index (χ1v) is 15.4. The van der Waals surface area contributed by atoms with Crippen LogP contribution in [-0.2, 0) is 35.3 Å². The number of nitrogens with one attached hydrogen (secondary N) is 1. The van der Waals surface area contributed by atoms with Gasteiger partial charge in [0.2, 0.25) is 5.28 Å². The number of halogens is 3. The first kappa shape index (κ1) is 36.6. The summed E-state index contributed by atoms with van der Waals surface area (Å²) in [6, 6.07) is 12.2. The Hall–Kier alpha value is -4.91. The van der Waals surface area contributed by atoms with E-state index in [-0.39, 0.29) is 29.4 Å². The third kappa shape index (κ3) is 10.3. The second kappa shape index (κ2) is 15.6. The van der Waals surface area contributed by atoms with Gasteiger partial charge in [-0.25, -0.2) is 22.6 Å². The van der Waals surface area contributed by atoms with Gasteiger partial charge >= 0.3 is 18.2 Å². The van der Waals surface area contributed by atoms with Gasteiger partial charge < -0.3 is 19.8 Å². The molecule has 0 saturated heterocycles. The van der Waals surface area contributed by atoms with Crippen LogP contribution in [0.5, 0.6) is 0 Å². The third-order valence-corrected chi connectivity index (χ3v) is 7.49. The van der Waals surface area contributed by atoms with Crippen molar-refractivity contribution in [2.45, 2.75) is 45.1 Å². The van der Waals surface area contributed by atoms with Gasteiger partial charge in [0.1, 0.15) is 19.7 Å². The average Bonchev–Trinajstić information content (AvgIpc) is 3.46. The normalized spacial score (nSPS) is 12.8. The van der Waals surface area contributed by atoms with E-state index >= 15 is 0 Å². The lowest BCUT2D eigenvalue weighted by Crippen LogP contribution is -2.38. The Morgan fingerprint density at radius 1 is 1.11 bits per heavy atom. The number of hydrogen-bond donors (Lipinski definition) is 2. The van der Waals surface area contributed by atoms with E-state index in [1.165, 1.54) is 19.1 Å². The van der Waals surface area contributed by atoms with Gasteiger partial charge in [0, 0.05) is 12.5 Å². The molecule has 256 valence electrons. The van der Waals surface area contributed by atoms with Crippen molar-refractivity contribution in [3.05, 3.63) is 71.1 Å². The van der Waals surface area contributed by atoms with Crippen molar-refractivity contribution in [2.75, 3.05) is 26.3 Å². The van der Waals surface area contributed by atoms with Crippen LogP contribution in [0.4, 0.5) is 18.0 Å². The predicted molar refractivity (Wildman–Crippen MR) is 157 cm³/mol. The monoisotopic (exact) mass is 686 g/mol. The first-order chi connectivity index (χ1) is 22.0. The van der Waals surface area contributed by atoms with E-state index in [0.29, 0.717) is 5.56 Å². The zero-order valence-corrected chi connectivity index (χ0v) is 26.5. The Balaban J connectivity index is 1.65. The highest BCUT2D eigenvalue weighted by atomic mass is 32.2. The number of rotatable bonds is 14. The molecule has 1 aromatic heterocycles. The Bertz CT molecular complexity index is 1660. The fourth-order valence-corrected chi connectivity index (χ4v) is 4.62. The van der Waals surface area contributed by atoms with Crippen LogP contribution in [0.15, 0.2) is 64.8 Å². The smallest absolute Gasteiger partial charge is 0.435 e. The van der Waals surface area contributed by atoms with Gasteiger partial charge in [0.25, 0.3) is 16.3 Å². The van der Waals surface area contributed by atoms with E-state index in [1.807, 2.05) is 6.92 Å². The van der Waals surface area contributed by atoms with Crippen LogP contribution in [0.25, 0.3) is 16.9 Å². The molecule has 0 aliphatic carbocycles. The molecule has 1 atom stereocenters. The van der Waals surface area contributed by atoms with E-state index in [9.17, 15) is 41.5 Å². The van der Waals surface area contributed by atoms with E-state index in [2.05, 4.69) is 10.4 Å². The quantitative estimate of drug-likeness (QED) is 0.0822. The number of aliphatic hydroxyl groups is 1. The Kier molecular flexibility index (Phi) is 12.1. The maximum absolute atomic E-state index is 13.5. The first-order valence-electron chi connectivity index (χ1n) is 14.0. The zero-order valence-electron chi connectivity index (χ0n) is 25.7. The molecule has 0 saturated carbocycles. The number of hydrazine groups is 1. The van der Waals surface area contributed by atoms with Crippen molar-refractivity contribution in [1.82, 2.24) is 19.5 Å². The molecule has 1 amide bonds. The molecule has 0 aliphatic rings. The van der Waals surface area contributed by atoms with Crippen LogP contribution in [0.3, 0.4) is 0 Å². The number of nitrogens with zero attached hydrogens (tertiary/aromatic N) is 5. The number of ether oxygens (including phenoxy) is 2. The highest BCUT2D eigenvalue weighted by Gasteiger charge is 2.35. The van der Waals surface area contributed by atoms with Crippen LogP contribution >= 0.6 is 0 Å². The summed E-state index contributed by atoms with van der Waals surface area (Å²) in [6.45, 7) is 4.65. The molecule has 0 radical (unpaired) electrons. The number of carbonyl (C=O) groups excluding carboxylic acids is 2. The number of hydrogen-bond acceptors (Lipinski definition) is 11. The molecule has 15 nitrogen and oxygen atoms in total. The van der Waals surface area contributed by atoms with Crippen molar-refractivity contribution >= 4 is 22.1 Å². The lowest BCUT2D eigenvalue weighted by atomic mass is 10.1. The van der Waals surface area contributed by atoms with Crippen LogP contribution in [-0.4, -0.2) is 77.9 Å². The zero-order chi connectivity index (χ0) is 34.9. The summed E-state index contributed by atoms with van der Waals surface area (Å²) in [4.78, 5) is 28.1. The molecule has 3 aromatic rings. The minimum Gasteiger partial charge on any atom is -0.569 e. The second-order valence-corrected chi connectivity index (χ2v) is 11.9. The number of carbonyl (C=O) groups is 2. The minimum absolute atomic E-state index is 0.0724. The highest BCUT2D eigenvalue weighted by molar-refractivity contribution is 7.90. The van der Waals surface area contributed by atoms with Gasteiger partial charge in [0.15, 0.2) is 5.69 Å². The lowest BCUT2D eigenvalue weighted by Gasteiger charge is -2.18. The van der Waals surface area contributed by atoms with Crippen LogP contribution in [0.1, 0.15) is 32.0 Å². The number of amides is 1. The lowest BCUT2D eigenvalue weighted by molar-refractivity contribution is -0.713. The molecule has 2 aromatic carbocycles. The number of alkyl halides is 3. The number of esters is 1. The number of aliphatic hydroxyl groups excluding tert-OH is 1. The van der Waals surface area contributed by atoms with Crippen molar-refractivity contribution in [1.29, 1.82) is 0 Å². The number of aromatic nitrogens is 2. The topological polar surface area (TPSA) is 188 Å². The Labute approximate surface area is 267 Å². The van der Waals surface area contributed by atoms with Crippen molar-refractivity contribution in [3.8, 4) is 16.9 Å². The summed E-state index contributed by atoms with van der Waals surface area (Å²) in [7, 11) is -4.50. The van der Waals surface area contributed by atoms with Gasteiger partial charge in [-0.05, 0) is 37.3 Å². The van der Waals surface area contributed by atoms with Crippen LogP contribution in [0.2, 0.25) is 0 Å². The number of benzene rings is 2. The van der Waals surface area contributed by atoms with Crippen molar-refractivity contribution in [2.24, 2.45) is 11.2 Å². The van der Waals surface area contributed by atoms with E-state index < -0.39 is 64.3 Å². The van der Waals surface area contributed by atoms with Crippen LogP contribution in [0, 0.1) is 18.0 Å². The fraction of sp³-hybridized carbons (Fsp3) is 0.393. The molecule has 0 aliphatic heterocycles. The molecule has 47 heavy (non-hydrogen) atoms. The Morgan fingerprint density at radius 2 is 1.74 bits per heavy atom. The maximum atomic E-state index is 13.5. The van der Waals surface area contributed by atoms with Gasteiger partial charge in [-0.1, -0.05) is 43.7 Å². The van der Waals surface area contributed by atoms with E-state index in [1.54, 1.807) is 42.8 Å². The number of sulfonamides is 1. The average molecular weight is 687 g/mol. The minimum atomic E-state index is -4.73.